The van der Waals surface area contributed by atoms with E-state index >= 15 is 4.39 Å². The van der Waals surface area contributed by atoms with Crippen LogP contribution in [0.25, 0.3) is 28.0 Å². The third kappa shape index (κ3) is 10.5. The molecule has 4 aromatic rings. The lowest BCUT2D eigenvalue weighted by Crippen LogP contribution is -2.33. The summed E-state index contributed by atoms with van der Waals surface area (Å²) in [5.41, 5.74) is 18.2. The first kappa shape index (κ1) is 41.4. The predicted molar refractivity (Wildman–Crippen MR) is 207 cm³/mol. The van der Waals surface area contributed by atoms with Gasteiger partial charge in [-0.25, -0.2) is 9.18 Å². The molecule has 0 bridgehead atoms. The van der Waals surface area contributed by atoms with Crippen molar-refractivity contribution in [1.29, 1.82) is 0 Å². The minimum Gasteiger partial charge on any atom is -0.386 e. The van der Waals surface area contributed by atoms with Gasteiger partial charge in [0.1, 0.15) is 17.3 Å². The molecular formula is C39H51F5N8OS. The van der Waals surface area contributed by atoms with Crippen LogP contribution in [-0.4, -0.2) is 70.4 Å². The van der Waals surface area contributed by atoms with Crippen molar-refractivity contribution in [1.82, 2.24) is 19.4 Å². The van der Waals surface area contributed by atoms with Crippen LogP contribution in [0.4, 0.5) is 22.0 Å². The summed E-state index contributed by atoms with van der Waals surface area (Å²) in [4.78, 5) is 27.6. The highest BCUT2D eigenvalue weighted by Crippen LogP contribution is 2.38. The summed E-state index contributed by atoms with van der Waals surface area (Å²) in [6.45, 7) is 3.06. The number of nitrogens with two attached hydrogens (primary N) is 3. The number of halogens is 5. The van der Waals surface area contributed by atoms with Gasteiger partial charge in [-0.3, -0.25) is 18.8 Å². The van der Waals surface area contributed by atoms with E-state index in [1.807, 2.05) is 13.2 Å². The minimum absolute atomic E-state index is 0.0672. The quantitative estimate of drug-likeness (QED) is 0.0239. The number of alkyl halides is 4. The van der Waals surface area contributed by atoms with Crippen LogP contribution in [0.1, 0.15) is 81.0 Å². The van der Waals surface area contributed by atoms with Gasteiger partial charge in [-0.15, -0.1) is 11.8 Å². The zero-order valence-corrected chi connectivity index (χ0v) is 31.7. The number of rotatable bonds is 20. The number of aromatic nitrogens is 3. The van der Waals surface area contributed by atoms with E-state index in [9.17, 15) is 22.4 Å². The lowest BCUT2D eigenvalue weighted by Gasteiger charge is -2.33. The van der Waals surface area contributed by atoms with E-state index in [0.29, 0.717) is 96.2 Å². The number of nitrogens with zero attached hydrogens (tertiary/aromatic N) is 4. The highest BCUT2D eigenvalue weighted by atomic mass is 32.2. The monoisotopic (exact) mass is 774 g/mol. The molecule has 2 aromatic heterocycles. The standard InChI is InChI=1S/C39H51F5N8OS/c1-3-7-33(51(14-5-12-40)15-6-13-48-35(47)22-45)36-30(41)20-29(21-34(36)54-2)52-23-27-19-32(49-37(27)50-38(52)53)26-16-24(17-28(18-26)39(42,43)44)8-4-9-31(46)25-10-11-25/h16-21,23,25,31,33H,3-15,22,45-46H2,1-2H3,(H2,47,48)(H,49,50,53). The maximum atomic E-state index is 16.4. The number of hydrogen-bond acceptors (Lipinski definition) is 7. The molecule has 0 aliphatic heterocycles. The van der Waals surface area contributed by atoms with Crippen molar-refractivity contribution in [2.75, 3.05) is 39.1 Å². The Morgan fingerprint density at radius 3 is 2.54 bits per heavy atom. The molecule has 2 atom stereocenters. The van der Waals surface area contributed by atoms with Gasteiger partial charge in [0, 0.05) is 59.5 Å². The Balaban J connectivity index is 1.46. The highest BCUT2D eigenvalue weighted by Gasteiger charge is 2.32. The van der Waals surface area contributed by atoms with Crippen LogP contribution in [0.15, 0.2) is 57.3 Å². The van der Waals surface area contributed by atoms with Crippen LogP contribution in [0, 0.1) is 11.7 Å². The van der Waals surface area contributed by atoms with E-state index in [4.69, 9.17) is 17.2 Å². The summed E-state index contributed by atoms with van der Waals surface area (Å²) in [5.74, 6) is 0.352. The van der Waals surface area contributed by atoms with Crippen molar-refractivity contribution < 1.29 is 22.0 Å². The SMILES string of the molecule is CCCC(c1c(F)cc(-n2cc3cc(-c4cc(CCCC(N)C5CC5)cc(C(F)(F)F)c4)[nH]c3nc2=O)cc1SC)N(CCCF)CCCN=C(N)CN. The van der Waals surface area contributed by atoms with Crippen LogP contribution in [0.5, 0.6) is 0 Å². The summed E-state index contributed by atoms with van der Waals surface area (Å²) < 4.78 is 73.0. The summed E-state index contributed by atoms with van der Waals surface area (Å²) >= 11 is 1.34. The molecule has 1 saturated carbocycles. The molecule has 1 aliphatic carbocycles. The molecule has 294 valence electrons. The first-order valence-electron chi connectivity index (χ1n) is 18.6. The fourth-order valence-electron chi connectivity index (χ4n) is 7.03. The van der Waals surface area contributed by atoms with Gasteiger partial charge in [-0.1, -0.05) is 13.3 Å². The number of hydrogen-bond donors (Lipinski definition) is 4. The molecule has 1 fully saturated rings. The lowest BCUT2D eigenvalue weighted by atomic mass is 9.98. The van der Waals surface area contributed by atoms with E-state index in [0.717, 1.165) is 31.7 Å². The average Bonchev–Trinajstić information content (AvgIpc) is 3.92. The van der Waals surface area contributed by atoms with E-state index in [1.54, 1.807) is 18.2 Å². The zero-order chi connectivity index (χ0) is 39.0. The van der Waals surface area contributed by atoms with Gasteiger partial charge in [0.25, 0.3) is 0 Å². The molecule has 2 unspecified atom stereocenters. The van der Waals surface area contributed by atoms with Gasteiger partial charge in [-0.2, -0.15) is 18.2 Å². The number of fused-ring (bicyclic) bond motifs is 1. The molecule has 0 saturated heterocycles. The average molecular weight is 775 g/mol. The fraction of sp³-hybridized carbons (Fsp3) is 0.513. The van der Waals surface area contributed by atoms with Gasteiger partial charge in [0.2, 0.25) is 0 Å². The Morgan fingerprint density at radius 2 is 1.87 bits per heavy atom. The van der Waals surface area contributed by atoms with Crippen molar-refractivity contribution in [2.45, 2.75) is 87.9 Å². The fourth-order valence-corrected chi connectivity index (χ4v) is 7.73. The normalized spacial score (nSPS) is 15.0. The van der Waals surface area contributed by atoms with E-state index in [2.05, 4.69) is 19.9 Å². The zero-order valence-electron chi connectivity index (χ0n) is 30.9. The molecule has 7 N–H and O–H groups in total. The van der Waals surface area contributed by atoms with E-state index < -0.39 is 29.9 Å². The molecule has 1 aliphatic rings. The van der Waals surface area contributed by atoms with Gasteiger partial charge in [0.15, 0.2) is 0 Å². The molecule has 54 heavy (non-hydrogen) atoms. The number of aryl methyl sites for hydroxylation is 1. The number of nitrogens with one attached hydrogen (secondary N) is 1. The maximum absolute atomic E-state index is 16.4. The van der Waals surface area contributed by atoms with Crippen LogP contribution >= 0.6 is 11.8 Å². The Bertz CT molecular complexity index is 1960. The number of thioether (sulfide) groups is 1. The Morgan fingerprint density at radius 1 is 1.11 bits per heavy atom. The van der Waals surface area contributed by atoms with Crippen LogP contribution in [-0.2, 0) is 12.6 Å². The second-order valence-electron chi connectivity index (χ2n) is 14.0. The lowest BCUT2D eigenvalue weighted by molar-refractivity contribution is -0.137. The molecule has 15 heteroatoms. The van der Waals surface area contributed by atoms with E-state index in [-0.39, 0.29) is 30.0 Å². The third-order valence-corrected chi connectivity index (χ3v) is 10.8. The first-order valence-corrected chi connectivity index (χ1v) is 19.8. The number of benzene rings is 2. The van der Waals surface area contributed by atoms with Crippen molar-refractivity contribution in [2.24, 2.45) is 28.1 Å². The molecule has 2 heterocycles. The molecule has 2 aromatic carbocycles. The predicted octanol–water partition coefficient (Wildman–Crippen LogP) is 7.53. The topological polar surface area (TPSA) is 144 Å². The van der Waals surface area contributed by atoms with E-state index in [1.165, 1.54) is 34.7 Å². The van der Waals surface area contributed by atoms with Crippen molar-refractivity contribution >= 4 is 28.6 Å². The van der Waals surface area contributed by atoms with Gasteiger partial charge in [0.05, 0.1) is 24.5 Å². The number of aliphatic imine (C=N–C) groups is 1. The summed E-state index contributed by atoms with van der Waals surface area (Å²) in [6, 6.07) is 8.38. The molecule has 9 nitrogen and oxygen atoms in total. The molecule has 0 radical (unpaired) electrons. The van der Waals surface area contributed by atoms with Crippen LogP contribution in [0.2, 0.25) is 0 Å². The first-order chi connectivity index (χ1) is 25.9. The summed E-state index contributed by atoms with van der Waals surface area (Å²) in [5, 5.41) is 0.466. The highest BCUT2D eigenvalue weighted by molar-refractivity contribution is 7.98. The van der Waals surface area contributed by atoms with Gasteiger partial charge < -0.3 is 22.2 Å². The smallest absolute Gasteiger partial charge is 0.386 e. The number of aromatic amines is 1. The van der Waals surface area contributed by atoms with Crippen molar-refractivity contribution in [3.63, 3.8) is 0 Å². The number of H-pyrrole nitrogens is 1. The van der Waals surface area contributed by atoms with Crippen LogP contribution in [0.3, 0.4) is 0 Å². The van der Waals surface area contributed by atoms with Crippen molar-refractivity contribution in [3.8, 4) is 16.9 Å². The minimum atomic E-state index is -4.55. The molecule has 0 spiro atoms. The Labute approximate surface area is 317 Å². The molecular weight excluding hydrogens is 724 g/mol. The maximum Gasteiger partial charge on any atom is 0.416 e. The number of amidine groups is 1. The molecule has 5 rings (SSSR count). The van der Waals surface area contributed by atoms with Gasteiger partial charge >= 0.3 is 11.9 Å². The van der Waals surface area contributed by atoms with Gasteiger partial charge in [-0.05, 0) is 111 Å². The molecule has 0 amide bonds. The Kier molecular flexibility index (Phi) is 14.3. The largest absolute Gasteiger partial charge is 0.416 e. The second kappa shape index (κ2) is 18.7. The van der Waals surface area contributed by atoms with Crippen LogP contribution < -0.4 is 22.9 Å². The second-order valence-corrected chi connectivity index (χ2v) is 14.9. The summed E-state index contributed by atoms with van der Waals surface area (Å²) in [6.07, 6.45) is 5.17. The third-order valence-electron chi connectivity index (χ3n) is 9.99. The Hall–Kier alpha value is -3.79. The summed E-state index contributed by atoms with van der Waals surface area (Å²) in [7, 11) is 0. The van der Waals surface area contributed by atoms with Crippen molar-refractivity contribution in [3.05, 3.63) is 75.6 Å².